The summed E-state index contributed by atoms with van der Waals surface area (Å²) in [5.41, 5.74) is -2.75. The van der Waals surface area contributed by atoms with Gasteiger partial charge < -0.3 is 20.3 Å². The van der Waals surface area contributed by atoms with E-state index in [2.05, 4.69) is 15.2 Å². The first-order valence-corrected chi connectivity index (χ1v) is 9.55. The Hall–Kier alpha value is -2.42. The first-order valence-electron chi connectivity index (χ1n) is 9.17. The van der Waals surface area contributed by atoms with E-state index in [0.717, 1.165) is 10.9 Å². The van der Waals surface area contributed by atoms with Crippen molar-refractivity contribution in [2.75, 3.05) is 11.9 Å². The second-order valence-electron chi connectivity index (χ2n) is 7.92. The number of fused-ring (bicyclic) bond motifs is 1. The molecular formula is C21H22ClF3N2O3. The third kappa shape index (κ3) is 4.35. The number of benzene rings is 2. The van der Waals surface area contributed by atoms with E-state index in [0.29, 0.717) is 5.69 Å². The molecule has 0 bridgehead atoms. The van der Waals surface area contributed by atoms with Crippen molar-refractivity contribution in [3.8, 4) is 5.75 Å². The number of aromatic amines is 1. The van der Waals surface area contributed by atoms with Crippen LogP contribution in [0.25, 0.3) is 10.9 Å². The number of nitrogens with one attached hydrogen (secondary N) is 2. The summed E-state index contributed by atoms with van der Waals surface area (Å²) in [5.74, 6) is -0.0675. The number of hydrogen-bond acceptors (Lipinski definition) is 4. The summed E-state index contributed by atoms with van der Waals surface area (Å²) in [7, 11) is 0. The average molecular weight is 443 g/mol. The zero-order chi connectivity index (χ0) is 22.2. The molecule has 0 radical (unpaired) electrons. The normalized spacial score (nSPS) is 14.5. The van der Waals surface area contributed by atoms with Crippen LogP contribution in [-0.4, -0.2) is 33.7 Å². The van der Waals surface area contributed by atoms with Crippen molar-refractivity contribution in [3.05, 3.63) is 59.2 Å². The molecule has 3 aromatic rings. The van der Waals surface area contributed by atoms with Crippen molar-refractivity contribution < 1.29 is 28.4 Å². The maximum absolute atomic E-state index is 14.0. The molecule has 0 spiro atoms. The summed E-state index contributed by atoms with van der Waals surface area (Å²) < 4.78 is 41.9. The Bertz CT molecular complexity index is 1040. The smallest absolute Gasteiger partial charge is 0.381 e. The van der Waals surface area contributed by atoms with E-state index in [1.165, 1.54) is 32.0 Å². The lowest BCUT2D eigenvalue weighted by atomic mass is 9.74. The van der Waals surface area contributed by atoms with Gasteiger partial charge in [-0.05, 0) is 36.1 Å². The highest BCUT2D eigenvalue weighted by Gasteiger charge is 2.56. The number of aliphatic hydroxyl groups is 1. The number of hydrogen-bond donors (Lipinski definition) is 4. The maximum atomic E-state index is 14.0. The van der Waals surface area contributed by atoms with Crippen LogP contribution in [0.3, 0.4) is 0 Å². The van der Waals surface area contributed by atoms with Gasteiger partial charge in [-0.1, -0.05) is 37.6 Å². The Kier molecular flexibility index (Phi) is 5.95. The topological polar surface area (TPSA) is 77.5 Å². The Morgan fingerprint density at radius 2 is 1.87 bits per heavy atom. The van der Waals surface area contributed by atoms with Gasteiger partial charge in [-0.3, -0.25) is 0 Å². The Labute approximate surface area is 176 Å². The maximum Gasteiger partial charge on any atom is 0.418 e. The van der Waals surface area contributed by atoms with Crippen LogP contribution < -0.4 is 10.2 Å². The van der Waals surface area contributed by atoms with E-state index in [-0.39, 0.29) is 16.3 Å². The molecule has 3 rings (SSSR count). The molecule has 30 heavy (non-hydrogen) atoms. The van der Waals surface area contributed by atoms with E-state index in [4.69, 9.17) is 16.9 Å². The third-order valence-electron chi connectivity index (χ3n) is 5.20. The van der Waals surface area contributed by atoms with Gasteiger partial charge in [0.2, 0.25) is 0 Å². The molecule has 1 aromatic heterocycles. The molecule has 1 heterocycles. The zero-order valence-electron chi connectivity index (χ0n) is 16.3. The van der Waals surface area contributed by atoms with Crippen LogP contribution in [0, 0.1) is 0 Å². The standard InChI is InChI=1S/C21H22ClF3N2O3/c1-19(2,15-7-6-13(22)10-18(15)30-29)11-20(28,21(23,24)25)12-27-17-5-3-4-16-14(17)8-9-26-16/h3-10,26-29H,11-12H2,1-2H3. The lowest BCUT2D eigenvalue weighted by Gasteiger charge is -2.38. The molecule has 5 nitrogen and oxygen atoms in total. The average Bonchev–Trinajstić information content (AvgIpc) is 3.14. The molecule has 1 atom stereocenters. The second kappa shape index (κ2) is 8.02. The lowest BCUT2D eigenvalue weighted by molar-refractivity contribution is -0.260. The Morgan fingerprint density at radius 3 is 2.53 bits per heavy atom. The van der Waals surface area contributed by atoms with Crippen LogP contribution in [0.1, 0.15) is 25.8 Å². The molecule has 0 aliphatic rings. The van der Waals surface area contributed by atoms with Crippen molar-refractivity contribution >= 4 is 28.2 Å². The molecule has 9 heteroatoms. The van der Waals surface area contributed by atoms with E-state index < -0.39 is 30.2 Å². The highest BCUT2D eigenvalue weighted by atomic mass is 35.5. The van der Waals surface area contributed by atoms with Crippen LogP contribution in [0.2, 0.25) is 5.02 Å². The lowest BCUT2D eigenvalue weighted by Crippen LogP contribution is -2.53. The minimum Gasteiger partial charge on any atom is -0.381 e. The van der Waals surface area contributed by atoms with E-state index >= 15 is 0 Å². The molecule has 0 saturated carbocycles. The Balaban J connectivity index is 1.91. The molecule has 162 valence electrons. The van der Waals surface area contributed by atoms with Crippen molar-refractivity contribution in [2.45, 2.75) is 37.5 Å². The summed E-state index contributed by atoms with van der Waals surface area (Å²) in [6.45, 7) is 2.30. The summed E-state index contributed by atoms with van der Waals surface area (Å²) in [5, 5.41) is 23.6. The van der Waals surface area contributed by atoms with Crippen molar-refractivity contribution in [1.29, 1.82) is 0 Å². The fourth-order valence-corrected chi connectivity index (χ4v) is 3.86. The van der Waals surface area contributed by atoms with Crippen LogP contribution in [0.5, 0.6) is 5.75 Å². The number of rotatable bonds is 7. The number of aromatic nitrogens is 1. The van der Waals surface area contributed by atoms with Gasteiger partial charge in [0, 0.05) is 39.4 Å². The van der Waals surface area contributed by atoms with Gasteiger partial charge in [0.1, 0.15) is 0 Å². The van der Waals surface area contributed by atoms with Crippen molar-refractivity contribution in [2.24, 2.45) is 0 Å². The number of halogens is 4. The van der Waals surface area contributed by atoms with Crippen molar-refractivity contribution in [3.63, 3.8) is 0 Å². The van der Waals surface area contributed by atoms with Gasteiger partial charge >= 0.3 is 6.18 Å². The largest absolute Gasteiger partial charge is 0.418 e. The first-order chi connectivity index (χ1) is 14.0. The monoisotopic (exact) mass is 442 g/mol. The summed E-state index contributed by atoms with van der Waals surface area (Å²) >= 11 is 5.87. The molecule has 0 amide bonds. The predicted molar refractivity (Wildman–Crippen MR) is 110 cm³/mol. The molecule has 2 aromatic carbocycles. The Morgan fingerprint density at radius 1 is 1.13 bits per heavy atom. The quantitative estimate of drug-likeness (QED) is 0.278. The minimum atomic E-state index is -4.91. The summed E-state index contributed by atoms with van der Waals surface area (Å²) in [6.07, 6.45) is -3.90. The SMILES string of the molecule is CC(C)(CC(O)(CNc1cccc2[nH]ccc12)C(F)(F)F)c1ccc(Cl)cc1OO. The third-order valence-corrected chi connectivity index (χ3v) is 5.43. The van der Waals surface area contributed by atoms with Crippen LogP contribution in [-0.2, 0) is 5.41 Å². The summed E-state index contributed by atoms with van der Waals surface area (Å²) in [4.78, 5) is 7.31. The van der Waals surface area contributed by atoms with Gasteiger partial charge in [-0.15, -0.1) is 0 Å². The van der Waals surface area contributed by atoms with E-state index in [9.17, 15) is 18.3 Å². The van der Waals surface area contributed by atoms with Gasteiger partial charge in [-0.25, -0.2) is 5.26 Å². The van der Waals surface area contributed by atoms with Crippen LogP contribution in [0.4, 0.5) is 18.9 Å². The predicted octanol–water partition coefficient (Wildman–Crippen LogP) is 5.75. The van der Waals surface area contributed by atoms with Gasteiger partial charge in [0.05, 0.1) is 6.54 Å². The highest BCUT2D eigenvalue weighted by Crippen LogP contribution is 2.44. The molecule has 0 fully saturated rings. The first kappa shape index (κ1) is 22.3. The van der Waals surface area contributed by atoms with Crippen LogP contribution in [0.15, 0.2) is 48.7 Å². The van der Waals surface area contributed by atoms with Gasteiger partial charge in [0.15, 0.2) is 11.4 Å². The number of alkyl halides is 3. The fraction of sp³-hybridized carbons (Fsp3) is 0.333. The molecule has 4 N–H and O–H groups in total. The molecule has 0 saturated heterocycles. The van der Waals surface area contributed by atoms with E-state index in [1.807, 2.05) is 0 Å². The molecular weight excluding hydrogens is 421 g/mol. The summed E-state index contributed by atoms with van der Waals surface area (Å²) in [6, 6.07) is 11.2. The van der Waals surface area contributed by atoms with Gasteiger partial charge in [-0.2, -0.15) is 13.2 Å². The van der Waals surface area contributed by atoms with Crippen molar-refractivity contribution in [1.82, 2.24) is 4.98 Å². The second-order valence-corrected chi connectivity index (χ2v) is 8.36. The zero-order valence-corrected chi connectivity index (χ0v) is 17.1. The van der Waals surface area contributed by atoms with Gasteiger partial charge in [0.25, 0.3) is 0 Å². The van der Waals surface area contributed by atoms with Crippen LogP contribution >= 0.6 is 11.6 Å². The number of anilines is 1. The highest BCUT2D eigenvalue weighted by molar-refractivity contribution is 6.30. The molecule has 1 unspecified atom stereocenters. The van der Waals surface area contributed by atoms with E-state index in [1.54, 1.807) is 30.5 Å². The fourth-order valence-electron chi connectivity index (χ4n) is 3.70. The number of H-pyrrole nitrogens is 1. The molecule has 0 aliphatic carbocycles. The minimum absolute atomic E-state index is 0.0675. The molecule has 0 aliphatic heterocycles.